The Morgan fingerprint density at radius 1 is 1.35 bits per heavy atom. The molecule has 2 rings (SSSR count). The number of amides is 3. The van der Waals surface area contributed by atoms with Gasteiger partial charge < -0.3 is 19.8 Å². The van der Waals surface area contributed by atoms with Crippen LogP contribution in [-0.2, 0) is 9.59 Å². The highest BCUT2D eigenvalue weighted by Gasteiger charge is 2.29. The Kier molecular flexibility index (Phi) is 10.3. The van der Waals surface area contributed by atoms with Gasteiger partial charge in [0.05, 0.1) is 24.6 Å². The molecule has 1 aromatic carbocycles. The van der Waals surface area contributed by atoms with Crippen molar-refractivity contribution < 1.29 is 28.7 Å². The zero-order valence-electron chi connectivity index (χ0n) is 19.7. The van der Waals surface area contributed by atoms with Crippen LogP contribution >= 0.6 is 11.6 Å². The zero-order chi connectivity index (χ0) is 25.3. The molecule has 1 heterocycles. The average Bonchev–Trinajstić information content (AvgIpc) is 3.29. The van der Waals surface area contributed by atoms with Gasteiger partial charge in [0.2, 0.25) is 18.2 Å². The van der Waals surface area contributed by atoms with E-state index in [0.29, 0.717) is 27.9 Å². The third-order valence-electron chi connectivity index (χ3n) is 5.20. The Balaban J connectivity index is 2.13. The lowest BCUT2D eigenvalue weighted by Crippen LogP contribution is -2.40. The molecule has 10 nitrogen and oxygen atoms in total. The van der Waals surface area contributed by atoms with Crippen LogP contribution in [0, 0.1) is 11.8 Å². The molecule has 3 N–H and O–H groups in total. The molecule has 0 unspecified atom stereocenters. The number of nitrogens with one attached hydrogen (secondary N) is 2. The smallest absolute Gasteiger partial charge is 0.277 e. The first-order valence-electron chi connectivity index (χ1n) is 11.0. The Hall–Kier alpha value is -3.11. The molecular formula is C23H31ClN4O6. The van der Waals surface area contributed by atoms with E-state index < -0.39 is 17.9 Å². The molecule has 34 heavy (non-hydrogen) atoms. The van der Waals surface area contributed by atoms with Crippen molar-refractivity contribution in [3.63, 3.8) is 0 Å². The number of hydroxylamine groups is 2. The van der Waals surface area contributed by atoms with Crippen molar-refractivity contribution in [2.24, 2.45) is 11.8 Å². The van der Waals surface area contributed by atoms with E-state index in [0.717, 1.165) is 12.8 Å². The van der Waals surface area contributed by atoms with Crippen LogP contribution < -0.4 is 15.4 Å². The van der Waals surface area contributed by atoms with E-state index in [1.165, 1.54) is 13.4 Å². The quantitative estimate of drug-likeness (QED) is 0.217. The van der Waals surface area contributed by atoms with Gasteiger partial charge in [0, 0.05) is 5.69 Å². The zero-order valence-corrected chi connectivity index (χ0v) is 20.5. The van der Waals surface area contributed by atoms with E-state index in [1.54, 1.807) is 18.2 Å². The van der Waals surface area contributed by atoms with Crippen LogP contribution in [0.2, 0.25) is 5.02 Å². The molecule has 0 saturated heterocycles. The van der Waals surface area contributed by atoms with Crippen LogP contribution in [0.5, 0.6) is 5.75 Å². The summed E-state index contributed by atoms with van der Waals surface area (Å²) < 4.78 is 10.6. The Labute approximate surface area is 203 Å². The largest absolute Gasteiger partial charge is 0.495 e. The Bertz CT molecular complexity index is 980. The number of aromatic nitrogens is 1. The number of anilines is 1. The fourth-order valence-corrected chi connectivity index (χ4v) is 3.54. The van der Waals surface area contributed by atoms with Crippen molar-refractivity contribution in [3.05, 3.63) is 41.1 Å². The van der Waals surface area contributed by atoms with Gasteiger partial charge in [-0.1, -0.05) is 45.2 Å². The summed E-state index contributed by atoms with van der Waals surface area (Å²) in [5, 5.41) is 15.9. The fraction of sp³-hybridized carbons (Fsp3) is 0.478. The van der Waals surface area contributed by atoms with Gasteiger partial charge in [-0.3, -0.25) is 19.6 Å². The van der Waals surface area contributed by atoms with E-state index >= 15 is 0 Å². The third-order valence-corrected chi connectivity index (χ3v) is 5.50. The number of methoxy groups -OCH3 is 1. The normalized spacial score (nSPS) is 12.7. The van der Waals surface area contributed by atoms with Crippen LogP contribution in [0.25, 0.3) is 0 Å². The standard InChI is InChI=1S/C23H31ClN4O6/c1-5-6-7-15(11-28(32)13-29)21(30)27-20(14(2)3)23-26-18(12-34-23)22(31)25-16-8-9-19(33-4)17(24)10-16/h8-10,12-15,20,32H,5-7,11H2,1-4H3,(H,25,31)(H,27,30)/t15-,20+/m1/s1. The lowest BCUT2D eigenvalue weighted by Gasteiger charge is -2.24. The molecule has 0 bridgehead atoms. The Morgan fingerprint density at radius 3 is 2.68 bits per heavy atom. The monoisotopic (exact) mass is 494 g/mol. The highest BCUT2D eigenvalue weighted by Crippen LogP contribution is 2.28. The SMILES string of the molecule is CCCC[C@H](CN(O)C=O)C(=O)N[C@H](c1nc(C(=O)Nc2ccc(OC)c(Cl)c2)co1)C(C)C. The number of carbonyl (C=O) groups excluding carboxylic acids is 3. The molecular weight excluding hydrogens is 464 g/mol. The van der Waals surface area contributed by atoms with Gasteiger partial charge in [-0.15, -0.1) is 0 Å². The first kappa shape index (κ1) is 27.1. The molecule has 11 heteroatoms. The van der Waals surface area contributed by atoms with Gasteiger partial charge in [0.25, 0.3) is 5.91 Å². The van der Waals surface area contributed by atoms with Gasteiger partial charge in [-0.2, -0.15) is 0 Å². The van der Waals surface area contributed by atoms with Gasteiger partial charge in [-0.05, 0) is 30.5 Å². The van der Waals surface area contributed by atoms with Crippen molar-refractivity contribution in [2.45, 2.75) is 46.1 Å². The van der Waals surface area contributed by atoms with Gasteiger partial charge in [-0.25, -0.2) is 10.0 Å². The Morgan fingerprint density at radius 2 is 2.09 bits per heavy atom. The molecule has 2 atom stereocenters. The second kappa shape index (κ2) is 13.0. The first-order valence-corrected chi connectivity index (χ1v) is 11.4. The number of hydrogen-bond donors (Lipinski definition) is 3. The van der Waals surface area contributed by atoms with E-state index in [2.05, 4.69) is 15.6 Å². The minimum atomic E-state index is -0.614. The van der Waals surface area contributed by atoms with Crippen LogP contribution in [-0.4, -0.2) is 47.1 Å². The third kappa shape index (κ3) is 7.46. The van der Waals surface area contributed by atoms with E-state index in [-0.39, 0.29) is 36.4 Å². The lowest BCUT2D eigenvalue weighted by atomic mass is 9.98. The van der Waals surface area contributed by atoms with Crippen LogP contribution in [0.3, 0.4) is 0 Å². The van der Waals surface area contributed by atoms with Gasteiger partial charge >= 0.3 is 0 Å². The summed E-state index contributed by atoms with van der Waals surface area (Å²) in [7, 11) is 1.49. The van der Waals surface area contributed by atoms with Crippen molar-refractivity contribution in [3.8, 4) is 5.75 Å². The summed E-state index contributed by atoms with van der Waals surface area (Å²) in [5.41, 5.74) is 0.489. The summed E-state index contributed by atoms with van der Waals surface area (Å²) in [5.74, 6) is -0.908. The maximum absolute atomic E-state index is 12.9. The molecule has 0 aliphatic carbocycles. The fourth-order valence-electron chi connectivity index (χ4n) is 3.28. The number of oxazole rings is 1. The van der Waals surface area contributed by atoms with Crippen LogP contribution in [0.1, 0.15) is 62.5 Å². The van der Waals surface area contributed by atoms with E-state index in [9.17, 15) is 19.6 Å². The summed E-state index contributed by atoms with van der Waals surface area (Å²) in [6.45, 7) is 5.61. The molecule has 0 saturated carbocycles. The van der Waals surface area contributed by atoms with Crippen LogP contribution in [0.4, 0.5) is 5.69 Å². The maximum atomic E-state index is 12.9. The van der Waals surface area contributed by atoms with Crippen molar-refractivity contribution in [1.82, 2.24) is 15.4 Å². The summed E-state index contributed by atoms with van der Waals surface area (Å²) in [6.07, 6.45) is 3.61. The molecule has 3 amide bonds. The minimum absolute atomic E-state index is 0.0341. The summed E-state index contributed by atoms with van der Waals surface area (Å²) in [6, 6.07) is 4.21. The number of hydrogen-bond acceptors (Lipinski definition) is 7. The summed E-state index contributed by atoms with van der Waals surface area (Å²) in [4.78, 5) is 40.6. The van der Waals surface area contributed by atoms with Gasteiger partial charge in [0.15, 0.2) is 5.69 Å². The molecule has 0 aliphatic rings. The second-order valence-corrected chi connectivity index (χ2v) is 8.58. The molecule has 0 aliphatic heterocycles. The van der Waals surface area contributed by atoms with E-state index in [4.69, 9.17) is 20.8 Å². The molecule has 186 valence electrons. The first-order chi connectivity index (χ1) is 16.2. The number of carbonyl (C=O) groups is 3. The predicted molar refractivity (Wildman–Crippen MR) is 126 cm³/mol. The minimum Gasteiger partial charge on any atom is -0.495 e. The number of halogens is 1. The highest BCUT2D eigenvalue weighted by atomic mass is 35.5. The number of nitrogens with zero attached hydrogens (tertiary/aromatic N) is 2. The number of rotatable bonds is 13. The maximum Gasteiger partial charge on any atom is 0.277 e. The topological polar surface area (TPSA) is 134 Å². The van der Waals surface area contributed by atoms with Crippen molar-refractivity contribution >= 4 is 35.5 Å². The molecule has 0 spiro atoms. The molecule has 2 aromatic rings. The second-order valence-electron chi connectivity index (χ2n) is 8.17. The lowest BCUT2D eigenvalue weighted by molar-refractivity contribution is -0.154. The van der Waals surface area contributed by atoms with Gasteiger partial charge in [0.1, 0.15) is 18.1 Å². The van der Waals surface area contributed by atoms with E-state index in [1.807, 2.05) is 20.8 Å². The van der Waals surface area contributed by atoms with Crippen molar-refractivity contribution in [2.75, 3.05) is 19.0 Å². The molecule has 0 fully saturated rings. The average molecular weight is 495 g/mol. The number of ether oxygens (including phenoxy) is 1. The predicted octanol–water partition coefficient (Wildman–Crippen LogP) is 4.06. The van der Waals surface area contributed by atoms with Crippen molar-refractivity contribution in [1.29, 1.82) is 0 Å². The number of benzene rings is 1. The molecule has 1 aromatic heterocycles. The highest BCUT2D eigenvalue weighted by molar-refractivity contribution is 6.32. The summed E-state index contributed by atoms with van der Waals surface area (Å²) >= 11 is 6.10. The van der Waals surface area contributed by atoms with Crippen LogP contribution in [0.15, 0.2) is 28.9 Å². The molecule has 0 radical (unpaired) electrons. The number of unbranched alkanes of at least 4 members (excludes halogenated alkanes) is 1.